The maximum atomic E-state index is 2.22. The third kappa shape index (κ3) is 37.5. The van der Waals surface area contributed by atoms with Gasteiger partial charge in [0.15, 0.2) is 0 Å². The molecule has 0 spiro atoms. The first-order valence-electron chi connectivity index (χ1n) is 3.68. The van der Waals surface area contributed by atoms with E-state index >= 15 is 0 Å². The largest absolute Gasteiger partial charge is 0.0656 e. The van der Waals surface area contributed by atoms with E-state index in [1.165, 1.54) is 12.8 Å². The molecule has 0 saturated carbocycles. The molecule has 0 nitrogen and oxygen atoms in total. The molecule has 0 rings (SSSR count). The summed E-state index contributed by atoms with van der Waals surface area (Å²) in [6, 6.07) is 0. The molecule has 0 fully saturated rings. The molecule has 52 valence electrons. The Labute approximate surface area is 54.3 Å². The summed E-state index contributed by atoms with van der Waals surface area (Å²) >= 11 is 0. The molecule has 0 saturated heterocycles. The summed E-state index contributed by atoms with van der Waals surface area (Å²) in [6.07, 6.45) is 2.56. The first-order valence-corrected chi connectivity index (χ1v) is 3.68. The second kappa shape index (κ2) is 10.1. The van der Waals surface area contributed by atoms with Gasteiger partial charge >= 0.3 is 0 Å². The van der Waals surface area contributed by atoms with E-state index in [0.29, 0.717) is 0 Å². The molecule has 0 aromatic carbocycles. The van der Waals surface area contributed by atoms with Crippen molar-refractivity contribution in [2.24, 2.45) is 5.92 Å². The van der Waals surface area contributed by atoms with Gasteiger partial charge in [-0.2, -0.15) is 0 Å². The van der Waals surface area contributed by atoms with Crippen molar-refractivity contribution >= 4 is 0 Å². The molecule has 0 N–H and O–H groups in total. The van der Waals surface area contributed by atoms with Crippen LogP contribution in [0.3, 0.4) is 0 Å². The SMILES string of the molecule is CCC.CCC(C)C. The van der Waals surface area contributed by atoms with E-state index in [1.54, 1.807) is 0 Å². The van der Waals surface area contributed by atoms with E-state index in [4.69, 9.17) is 0 Å². The summed E-state index contributed by atoms with van der Waals surface area (Å²) in [5, 5.41) is 0. The summed E-state index contributed by atoms with van der Waals surface area (Å²) in [7, 11) is 0. The van der Waals surface area contributed by atoms with Crippen molar-refractivity contribution in [1.82, 2.24) is 0 Å². The Hall–Kier alpha value is 0. The van der Waals surface area contributed by atoms with Crippen LogP contribution in [-0.2, 0) is 0 Å². The first kappa shape index (κ1) is 10.9. The van der Waals surface area contributed by atoms with Crippen LogP contribution in [-0.4, -0.2) is 0 Å². The van der Waals surface area contributed by atoms with Crippen molar-refractivity contribution in [3.8, 4) is 0 Å². The lowest BCUT2D eigenvalue weighted by Crippen LogP contribution is -1.77. The molecule has 0 aliphatic heterocycles. The lowest BCUT2D eigenvalue weighted by atomic mass is 10.2. The van der Waals surface area contributed by atoms with Crippen LogP contribution in [0, 0.1) is 5.92 Å². The zero-order chi connectivity index (χ0) is 6.99. The van der Waals surface area contributed by atoms with Crippen molar-refractivity contribution in [3.63, 3.8) is 0 Å². The molecule has 0 aromatic rings. The van der Waals surface area contributed by atoms with Gasteiger partial charge in [-0.15, -0.1) is 0 Å². The summed E-state index contributed by atoms with van der Waals surface area (Å²) in [5.41, 5.74) is 0. The van der Waals surface area contributed by atoms with E-state index in [1.807, 2.05) is 0 Å². The molecular formula is C8H20. The number of hydrogen-bond acceptors (Lipinski definition) is 0. The number of rotatable bonds is 1. The molecule has 0 aliphatic rings. The van der Waals surface area contributed by atoms with Gasteiger partial charge in [-0.3, -0.25) is 0 Å². The molecule has 0 heteroatoms. The monoisotopic (exact) mass is 116 g/mol. The Morgan fingerprint density at radius 3 is 1.12 bits per heavy atom. The molecule has 0 heterocycles. The Morgan fingerprint density at radius 2 is 1.12 bits per heavy atom. The minimum atomic E-state index is 0.884. The topological polar surface area (TPSA) is 0 Å². The molecule has 0 amide bonds. The minimum Gasteiger partial charge on any atom is -0.0656 e. The van der Waals surface area contributed by atoms with Gasteiger partial charge in [0.25, 0.3) is 0 Å². The Balaban J connectivity index is 0. The van der Waals surface area contributed by atoms with Crippen LogP contribution in [0.15, 0.2) is 0 Å². The summed E-state index contributed by atoms with van der Waals surface area (Å²) < 4.78 is 0. The summed E-state index contributed by atoms with van der Waals surface area (Å²) in [5.74, 6) is 0.884. The highest BCUT2D eigenvalue weighted by atomic mass is 13.9. The van der Waals surface area contributed by atoms with Gasteiger partial charge in [-0.25, -0.2) is 0 Å². The molecule has 0 bridgehead atoms. The fraction of sp³-hybridized carbons (Fsp3) is 1.00. The zero-order valence-electron chi connectivity index (χ0n) is 6.99. The van der Waals surface area contributed by atoms with Gasteiger partial charge in [-0.1, -0.05) is 47.5 Å². The summed E-state index contributed by atoms with van der Waals surface area (Å²) in [6.45, 7) is 10.9. The third-order valence-corrected chi connectivity index (χ3v) is 0.816. The normalized spacial score (nSPS) is 8.25. The van der Waals surface area contributed by atoms with E-state index in [2.05, 4.69) is 34.6 Å². The van der Waals surface area contributed by atoms with Crippen molar-refractivity contribution in [2.45, 2.75) is 47.5 Å². The van der Waals surface area contributed by atoms with Crippen molar-refractivity contribution in [1.29, 1.82) is 0 Å². The van der Waals surface area contributed by atoms with Crippen LogP contribution in [0.5, 0.6) is 0 Å². The highest BCUT2D eigenvalue weighted by Gasteiger charge is 1.80. The predicted molar refractivity (Wildman–Crippen MR) is 41.1 cm³/mol. The van der Waals surface area contributed by atoms with E-state index in [9.17, 15) is 0 Å². The van der Waals surface area contributed by atoms with Gasteiger partial charge in [-0.05, 0) is 5.92 Å². The van der Waals surface area contributed by atoms with Gasteiger partial charge in [0, 0.05) is 0 Å². The van der Waals surface area contributed by atoms with Gasteiger partial charge < -0.3 is 0 Å². The fourth-order valence-corrected chi connectivity index (χ4v) is 0. The van der Waals surface area contributed by atoms with Crippen LogP contribution in [0.2, 0.25) is 0 Å². The third-order valence-electron chi connectivity index (χ3n) is 0.816. The fourth-order valence-electron chi connectivity index (χ4n) is 0. The maximum Gasteiger partial charge on any atom is -0.0474 e. The van der Waals surface area contributed by atoms with Gasteiger partial charge in [0.05, 0.1) is 0 Å². The molecule has 0 aromatic heterocycles. The predicted octanol–water partition coefficient (Wildman–Crippen LogP) is 3.47. The molecular weight excluding hydrogens is 96.1 g/mol. The average molecular weight is 116 g/mol. The highest BCUT2D eigenvalue weighted by molar-refractivity contribution is 4.32. The zero-order valence-corrected chi connectivity index (χ0v) is 6.99. The van der Waals surface area contributed by atoms with Crippen LogP contribution in [0.1, 0.15) is 47.5 Å². The van der Waals surface area contributed by atoms with Crippen LogP contribution < -0.4 is 0 Å². The molecule has 8 heavy (non-hydrogen) atoms. The lowest BCUT2D eigenvalue weighted by Gasteiger charge is -1.90. The molecule has 0 unspecified atom stereocenters. The highest BCUT2D eigenvalue weighted by Crippen LogP contribution is 1.93. The smallest absolute Gasteiger partial charge is 0.0474 e. The maximum absolute atomic E-state index is 2.22. The van der Waals surface area contributed by atoms with Crippen LogP contribution >= 0.6 is 0 Å². The van der Waals surface area contributed by atoms with Gasteiger partial charge in [0.1, 0.15) is 0 Å². The van der Waals surface area contributed by atoms with Crippen molar-refractivity contribution < 1.29 is 0 Å². The average Bonchev–Trinajstić information content (AvgIpc) is 1.69. The minimum absolute atomic E-state index is 0.884. The quantitative estimate of drug-likeness (QED) is 0.492. The van der Waals surface area contributed by atoms with Crippen molar-refractivity contribution in [3.05, 3.63) is 0 Å². The Morgan fingerprint density at radius 1 is 1.00 bits per heavy atom. The van der Waals surface area contributed by atoms with E-state index < -0.39 is 0 Å². The van der Waals surface area contributed by atoms with E-state index in [-0.39, 0.29) is 0 Å². The van der Waals surface area contributed by atoms with E-state index in [0.717, 1.165) is 5.92 Å². The molecule has 0 radical (unpaired) electrons. The van der Waals surface area contributed by atoms with Crippen LogP contribution in [0.25, 0.3) is 0 Å². The van der Waals surface area contributed by atoms with Crippen LogP contribution in [0.4, 0.5) is 0 Å². The Kier molecular flexibility index (Phi) is 13.7. The second-order valence-corrected chi connectivity index (χ2v) is 2.51. The Bertz CT molecular complexity index is 21.2. The van der Waals surface area contributed by atoms with Crippen molar-refractivity contribution in [2.75, 3.05) is 0 Å². The van der Waals surface area contributed by atoms with Gasteiger partial charge in [0.2, 0.25) is 0 Å². The molecule has 0 atom stereocenters. The molecule has 0 aliphatic carbocycles. The second-order valence-electron chi connectivity index (χ2n) is 2.51. The summed E-state index contributed by atoms with van der Waals surface area (Å²) in [4.78, 5) is 0. The standard InChI is InChI=1S/C5H12.C3H8/c1-4-5(2)3;1-3-2/h5H,4H2,1-3H3;3H2,1-2H3. The lowest BCUT2D eigenvalue weighted by molar-refractivity contribution is 0.626. The number of hydrogen-bond donors (Lipinski definition) is 0. The first-order chi connectivity index (χ1) is 3.68.